The third-order valence-electron chi connectivity index (χ3n) is 5.19. The Labute approximate surface area is 183 Å². The molecular formula is C22H29N3O5S. The van der Waals surface area contributed by atoms with Crippen molar-refractivity contribution in [2.24, 2.45) is 0 Å². The molecule has 31 heavy (non-hydrogen) atoms. The van der Waals surface area contributed by atoms with Crippen molar-refractivity contribution < 1.29 is 22.7 Å². The lowest BCUT2D eigenvalue weighted by Crippen LogP contribution is -2.31. The van der Waals surface area contributed by atoms with E-state index in [-0.39, 0.29) is 17.3 Å². The van der Waals surface area contributed by atoms with Crippen molar-refractivity contribution in [3.05, 3.63) is 42.5 Å². The predicted octanol–water partition coefficient (Wildman–Crippen LogP) is 3.32. The molecule has 1 aliphatic rings. The lowest BCUT2D eigenvalue weighted by molar-refractivity contribution is -0.114. The standard InChI is InChI=1S/C22H29N3O5S/c1-29-18-9-12-21(30-2)20(15-18)24-22(26)16-23-17-7-10-19(11-8-17)31(27,28)25-13-5-3-4-6-14-25/h7-12,15,23H,3-6,13-14,16H2,1-2H3,(H,24,26). The molecule has 1 heterocycles. The van der Waals surface area contributed by atoms with E-state index in [9.17, 15) is 13.2 Å². The molecule has 2 aromatic carbocycles. The number of carbonyl (C=O) groups is 1. The van der Waals surface area contributed by atoms with E-state index in [4.69, 9.17) is 9.47 Å². The summed E-state index contributed by atoms with van der Waals surface area (Å²) in [5.41, 5.74) is 1.16. The van der Waals surface area contributed by atoms with E-state index in [0.717, 1.165) is 25.7 Å². The number of hydrogen-bond donors (Lipinski definition) is 2. The molecule has 0 unspecified atom stereocenters. The Morgan fingerprint density at radius 1 is 0.968 bits per heavy atom. The predicted molar refractivity (Wildman–Crippen MR) is 120 cm³/mol. The summed E-state index contributed by atoms with van der Waals surface area (Å²) in [7, 11) is -0.416. The monoisotopic (exact) mass is 447 g/mol. The quantitative estimate of drug-likeness (QED) is 0.644. The summed E-state index contributed by atoms with van der Waals surface area (Å²) in [5, 5.41) is 5.79. The summed E-state index contributed by atoms with van der Waals surface area (Å²) in [4.78, 5) is 12.6. The lowest BCUT2D eigenvalue weighted by atomic mass is 10.2. The minimum absolute atomic E-state index is 0.0125. The topological polar surface area (TPSA) is 97.0 Å². The van der Waals surface area contributed by atoms with Crippen molar-refractivity contribution in [3.63, 3.8) is 0 Å². The third-order valence-corrected chi connectivity index (χ3v) is 7.10. The van der Waals surface area contributed by atoms with Gasteiger partial charge in [0.25, 0.3) is 0 Å². The SMILES string of the molecule is COc1ccc(OC)c(NC(=O)CNc2ccc(S(=O)(=O)N3CCCCCC3)cc2)c1. The molecule has 168 valence electrons. The van der Waals surface area contributed by atoms with E-state index >= 15 is 0 Å². The number of anilines is 2. The molecule has 2 aromatic rings. The van der Waals surface area contributed by atoms with Gasteiger partial charge in [-0.25, -0.2) is 8.42 Å². The Hall–Kier alpha value is -2.78. The van der Waals surface area contributed by atoms with Gasteiger partial charge in [0.15, 0.2) is 0 Å². The van der Waals surface area contributed by atoms with Crippen molar-refractivity contribution in [1.29, 1.82) is 0 Å². The van der Waals surface area contributed by atoms with Gasteiger partial charge in [-0.3, -0.25) is 4.79 Å². The van der Waals surface area contributed by atoms with E-state index in [1.807, 2.05) is 0 Å². The van der Waals surface area contributed by atoms with E-state index in [1.54, 1.807) is 53.9 Å². The molecule has 0 spiro atoms. The third kappa shape index (κ3) is 5.89. The van der Waals surface area contributed by atoms with Gasteiger partial charge in [0.2, 0.25) is 15.9 Å². The second-order valence-corrected chi connectivity index (χ2v) is 9.25. The van der Waals surface area contributed by atoms with E-state index in [0.29, 0.717) is 36.0 Å². The maximum absolute atomic E-state index is 12.9. The molecule has 3 rings (SSSR count). The molecule has 0 saturated carbocycles. The average Bonchev–Trinajstić information content (AvgIpc) is 3.08. The Morgan fingerprint density at radius 2 is 1.65 bits per heavy atom. The van der Waals surface area contributed by atoms with Gasteiger partial charge in [0.05, 0.1) is 31.3 Å². The molecule has 1 fully saturated rings. The number of benzene rings is 2. The van der Waals surface area contributed by atoms with Crippen LogP contribution < -0.4 is 20.1 Å². The van der Waals surface area contributed by atoms with Crippen LogP contribution in [0.25, 0.3) is 0 Å². The van der Waals surface area contributed by atoms with Crippen molar-refractivity contribution in [1.82, 2.24) is 4.31 Å². The molecule has 2 N–H and O–H groups in total. The number of carbonyl (C=O) groups excluding carboxylic acids is 1. The van der Waals surface area contributed by atoms with Gasteiger partial charge in [-0.2, -0.15) is 4.31 Å². The maximum atomic E-state index is 12.9. The van der Waals surface area contributed by atoms with E-state index in [2.05, 4.69) is 10.6 Å². The first kappa shape index (κ1) is 22.9. The first-order valence-corrected chi connectivity index (χ1v) is 11.7. The van der Waals surface area contributed by atoms with Gasteiger partial charge < -0.3 is 20.1 Å². The highest BCUT2D eigenvalue weighted by Crippen LogP contribution is 2.29. The highest BCUT2D eigenvalue weighted by atomic mass is 32.2. The van der Waals surface area contributed by atoms with Crippen molar-refractivity contribution in [2.75, 3.05) is 44.5 Å². The molecule has 1 amide bonds. The van der Waals surface area contributed by atoms with Gasteiger partial charge >= 0.3 is 0 Å². The first-order valence-electron chi connectivity index (χ1n) is 10.3. The summed E-state index contributed by atoms with van der Waals surface area (Å²) in [6.45, 7) is 1.14. The number of hydrogen-bond acceptors (Lipinski definition) is 6. The van der Waals surface area contributed by atoms with Crippen LogP contribution >= 0.6 is 0 Å². The van der Waals surface area contributed by atoms with E-state index in [1.165, 1.54) is 7.11 Å². The molecule has 0 atom stereocenters. The number of amides is 1. The second-order valence-electron chi connectivity index (χ2n) is 7.31. The van der Waals surface area contributed by atoms with Crippen LogP contribution in [0.1, 0.15) is 25.7 Å². The maximum Gasteiger partial charge on any atom is 0.243 e. The summed E-state index contributed by atoms with van der Waals surface area (Å²) in [6.07, 6.45) is 3.93. The fourth-order valence-electron chi connectivity index (χ4n) is 3.46. The largest absolute Gasteiger partial charge is 0.497 e. The second kappa shape index (κ2) is 10.5. The summed E-state index contributed by atoms with van der Waals surface area (Å²) >= 11 is 0. The smallest absolute Gasteiger partial charge is 0.243 e. The van der Waals surface area contributed by atoms with Gasteiger partial charge in [-0.05, 0) is 49.2 Å². The molecular weight excluding hydrogens is 418 g/mol. The Bertz CT molecular complexity index is 985. The van der Waals surface area contributed by atoms with Crippen LogP contribution in [0.15, 0.2) is 47.4 Å². The zero-order chi connectivity index (χ0) is 22.3. The van der Waals surface area contributed by atoms with Crippen LogP contribution in [0.2, 0.25) is 0 Å². The minimum Gasteiger partial charge on any atom is -0.497 e. The van der Waals surface area contributed by atoms with Gasteiger partial charge in [-0.15, -0.1) is 0 Å². The molecule has 0 radical (unpaired) electrons. The summed E-state index contributed by atoms with van der Waals surface area (Å²) in [6, 6.07) is 11.6. The van der Waals surface area contributed by atoms with Crippen molar-refractivity contribution in [3.8, 4) is 11.5 Å². The first-order chi connectivity index (χ1) is 14.9. The van der Waals surface area contributed by atoms with Crippen molar-refractivity contribution in [2.45, 2.75) is 30.6 Å². The Morgan fingerprint density at radius 3 is 2.26 bits per heavy atom. The van der Waals surface area contributed by atoms with Crippen LogP contribution in [0.3, 0.4) is 0 Å². The molecule has 1 saturated heterocycles. The molecule has 8 nitrogen and oxygen atoms in total. The summed E-state index contributed by atoms with van der Waals surface area (Å²) in [5.74, 6) is 0.857. The van der Waals surface area contributed by atoms with Crippen LogP contribution in [0.4, 0.5) is 11.4 Å². The normalized spacial score (nSPS) is 15.0. The number of ether oxygens (including phenoxy) is 2. The highest BCUT2D eigenvalue weighted by Gasteiger charge is 2.24. The van der Waals surface area contributed by atoms with Gasteiger partial charge in [0.1, 0.15) is 11.5 Å². The zero-order valence-corrected chi connectivity index (χ0v) is 18.7. The van der Waals surface area contributed by atoms with Crippen LogP contribution in [0, 0.1) is 0 Å². The van der Waals surface area contributed by atoms with Crippen molar-refractivity contribution >= 4 is 27.3 Å². The number of sulfonamides is 1. The Balaban J connectivity index is 1.59. The molecule has 0 bridgehead atoms. The van der Waals surface area contributed by atoms with E-state index < -0.39 is 10.0 Å². The number of nitrogens with zero attached hydrogens (tertiary/aromatic N) is 1. The highest BCUT2D eigenvalue weighted by molar-refractivity contribution is 7.89. The average molecular weight is 448 g/mol. The molecule has 1 aliphatic heterocycles. The molecule has 0 aromatic heterocycles. The number of methoxy groups -OCH3 is 2. The minimum atomic E-state index is -3.49. The van der Waals surface area contributed by atoms with Gasteiger partial charge in [-0.1, -0.05) is 12.8 Å². The van der Waals surface area contributed by atoms with Crippen LogP contribution in [0.5, 0.6) is 11.5 Å². The Kier molecular flexibility index (Phi) is 7.75. The molecule has 9 heteroatoms. The molecule has 0 aliphatic carbocycles. The van der Waals surface area contributed by atoms with Crippen LogP contribution in [-0.4, -0.2) is 52.5 Å². The fourth-order valence-corrected chi connectivity index (χ4v) is 4.98. The number of rotatable bonds is 8. The number of nitrogens with one attached hydrogen (secondary N) is 2. The van der Waals surface area contributed by atoms with Gasteiger partial charge in [0, 0.05) is 24.8 Å². The summed E-state index contributed by atoms with van der Waals surface area (Å²) < 4.78 is 37.7. The van der Waals surface area contributed by atoms with Crippen LogP contribution in [-0.2, 0) is 14.8 Å². The lowest BCUT2D eigenvalue weighted by Gasteiger charge is -2.20. The zero-order valence-electron chi connectivity index (χ0n) is 17.9. The fraction of sp³-hybridized carbons (Fsp3) is 0.409.